The first-order valence-corrected chi connectivity index (χ1v) is 8.59. The maximum Gasteiger partial charge on any atom is 0.387 e. The van der Waals surface area contributed by atoms with E-state index in [1.165, 1.54) is 12.1 Å². The van der Waals surface area contributed by atoms with Gasteiger partial charge in [0.2, 0.25) is 0 Å². The third kappa shape index (κ3) is 4.40. The molecule has 0 amide bonds. The minimum absolute atomic E-state index is 0.0954. The Balaban J connectivity index is 1.49. The lowest BCUT2D eigenvalue weighted by Crippen LogP contribution is -2.47. The number of halogens is 2. The van der Waals surface area contributed by atoms with Crippen LogP contribution in [0.4, 0.5) is 13.9 Å². The van der Waals surface area contributed by atoms with E-state index in [0.717, 1.165) is 31.3 Å². The summed E-state index contributed by atoms with van der Waals surface area (Å²) < 4.78 is 28.6. The molecule has 2 aromatic rings. The zero-order valence-corrected chi connectivity index (χ0v) is 13.8. The molecular formula is C16H19F2N3O2S. The van der Waals surface area contributed by atoms with Crippen LogP contribution in [-0.2, 0) is 0 Å². The molecule has 0 bridgehead atoms. The summed E-state index contributed by atoms with van der Waals surface area (Å²) >= 11 is 1.63. The van der Waals surface area contributed by atoms with Gasteiger partial charge in [0, 0.05) is 44.3 Å². The number of piperazine rings is 1. The van der Waals surface area contributed by atoms with Crippen LogP contribution in [0, 0.1) is 0 Å². The number of ether oxygens (including phenoxy) is 1. The number of hydrogen-bond donors (Lipinski definition) is 1. The standard InChI is InChI=1S/C16H19F2N3O2S/c17-15(18)23-13-3-1-12(2-4-13)14(22)11-20-6-8-21(9-7-20)16-19-5-10-24-16/h1-5,10,14-15,22H,6-9,11H2. The second-order valence-electron chi connectivity index (χ2n) is 5.57. The van der Waals surface area contributed by atoms with E-state index in [2.05, 4.69) is 19.5 Å². The van der Waals surface area contributed by atoms with E-state index in [0.29, 0.717) is 12.1 Å². The molecule has 1 unspecified atom stereocenters. The molecule has 1 saturated heterocycles. The number of aromatic nitrogens is 1. The van der Waals surface area contributed by atoms with E-state index in [1.54, 1.807) is 29.7 Å². The fourth-order valence-electron chi connectivity index (χ4n) is 2.72. The Labute approximate surface area is 143 Å². The lowest BCUT2D eigenvalue weighted by Gasteiger charge is -2.35. The SMILES string of the molecule is OC(CN1CCN(c2nccs2)CC1)c1ccc(OC(F)F)cc1. The van der Waals surface area contributed by atoms with Crippen LogP contribution in [0.25, 0.3) is 0 Å². The van der Waals surface area contributed by atoms with Gasteiger partial charge in [0.15, 0.2) is 5.13 Å². The van der Waals surface area contributed by atoms with Gasteiger partial charge in [-0.15, -0.1) is 11.3 Å². The average Bonchev–Trinajstić information content (AvgIpc) is 3.10. The van der Waals surface area contributed by atoms with Gasteiger partial charge < -0.3 is 14.7 Å². The summed E-state index contributed by atoms with van der Waals surface area (Å²) in [6, 6.07) is 6.14. The Morgan fingerprint density at radius 3 is 2.46 bits per heavy atom. The maximum absolute atomic E-state index is 12.1. The smallest absolute Gasteiger partial charge is 0.387 e. The monoisotopic (exact) mass is 355 g/mol. The molecule has 1 atom stereocenters. The predicted octanol–water partition coefficient (Wildman–Crippen LogP) is 2.60. The number of alkyl halides is 2. The highest BCUT2D eigenvalue weighted by atomic mass is 32.1. The molecule has 1 N–H and O–H groups in total. The zero-order valence-electron chi connectivity index (χ0n) is 13.0. The summed E-state index contributed by atoms with van der Waals surface area (Å²) in [7, 11) is 0. The van der Waals surface area contributed by atoms with E-state index in [1.807, 2.05) is 5.38 Å². The van der Waals surface area contributed by atoms with Crippen molar-refractivity contribution in [3.63, 3.8) is 0 Å². The Hall–Kier alpha value is -1.77. The van der Waals surface area contributed by atoms with Gasteiger partial charge in [-0.2, -0.15) is 8.78 Å². The van der Waals surface area contributed by atoms with Gasteiger partial charge in [-0.1, -0.05) is 12.1 Å². The summed E-state index contributed by atoms with van der Waals surface area (Å²) in [6.45, 7) is 1.13. The number of anilines is 1. The van der Waals surface area contributed by atoms with Crippen LogP contribution in [0.1, 0.15) is 11.7 Å². The summed E-state index contributed by atoms with van der Waals surface area (Å²) in [5, 5.41) is 13.3. The number of hydrogen-bond acceptors (Lipinski definition) is 6. The molecule has 0 radical (unpaired) electrons. The highest BCUT2D eigenvalue weighted by molar-refractivity contribution is 7.13. The fourth-order valence-corrected chi connectivity index (χ4v) is 3.41. The summed E-state index contributed by atoms with van der Waals surface area (Å²) in [5.41, 5.74) is 0.693. The molecule has 3 rings (SSSR count). The molecule has 0 saturated carbocycles. The Kier molecular flexibility index (Phi) is 5.60. The third-order valence-corrected chi connectivity index (χ3v) is 4.82. The largest absolute Gasteiger partial charge is 0.435 e. The first-order valence-electron chi connectivity index (χ1n) is 7.71. The van der Waals surface area contributed by atoms with Crippen molar-refractivity contribution in [1.29, 1.82) is 0 Å². The van der Waals surface area contributed by atoms with Crippen LogP contribution in [0.2, 0.25) is 0 Å². The first-order chi connectivity index (χ1) is 11.6. The molecule has 1 fully saturated rings. The van der Waals surface area contributed by atoms with Crippen LogP contribution >= 0.6 is 11.3 Å². The van der Waals surface area contributed by atoms with Gasteiger partial charge >= 0.3 is 6.61 Å². The number of β-amino-alcohol motifs (C(OH)–C–C–N with tert-alkyl or cyclic N) is 1. The predicted molar refractivity (Wildman–Crippen MR) is 88.8 cm³/mol. The molecular weight excluding hydrogens is 336 g/mol. The number of thiazole rings is 1. The number of rotatable bonds is 6. The molecule has 5 nitrogen and oxygen atoms in total. The van der Waals surface area contributed by atoms with E-state index in [-0.39, 0.29) is 5.75 Å². The second-order valence-corrected chi connectivity index (χ2v) is 6.44. The molecule has 24 heavy (non-hydrogen) atoms. The topological polar surface area (TPSA) is 48.8 Å². The van der Waals surface area contributed by atoms with E-state index in [9.17, 15) is 13.9 Å². The van der Waals surface area contributed by atoms with E-state index in [4.69, 9.17) is 0 Å². The van der Waals surface area contributed by atoms with Crippen LogP contribution in [-0.4, -0.2) is 54.3 Å². The summed E-state index contributed by atoms with van der Waals surface area (Å²) in [4.78, 5) is 8.75. The highest BCUT2D eigenvalue weighted by Gasteiger charge is 2.21. The van der Waals surface area contributed by atoms with Crippen molar-refractivity contribution < 1.29 is 18.6 Å². The molecule has 2 heterocycles. The van der Waals surface area contributed by atoms with Crippen LogP contribution < -0.4 is 9.64 Å². The van der Waals surface area contributed by atoms with Crippen molar-refractivity contribution >= 4 is 16.5 Å². The number of aliphatic hydroxyl groups is 1. The molecule has 8 heteroatoms. The van der Waals surface area contributed by atoms with Gasteiger partial charge in [0.25, 0.3) is 0 Å². The second kappa shape index (κ2) is 7.87. The summed E-state index contributed by atoms with van der Waals surface area (Å²) in [5.74, 6) is 0.0954. The molecule has 1 aromatic heterocycles. The van der Waals surface area contributed by atoms with E-state index >= 15 is 0 Å². The lowest BCUT2D eigenvalue weighted by atomic mass is 10.1. The van der Waals surface area contributed by atoms with Crippen LogP contribution in [0.3, 0.4) is 0 Å². The average molecular weight is 355 g/mol. The van der Waals surface area contributed by atoms with Crippen molar-refractivity contribution in [1.82, 2.24) is 9.88 Å². The van der Waals surface area contributed by atoms with Crippen molar-refractivity contribution in [3.05, 3.63) is 41.4 Å². The Morgan fingerprint density at radius 1 is 1.17 bits per heavy atom. The van der Waals surface area contributed by atoms with Gasteiger partial charge in [-0.25, -0.2) is 4.98 Å². The highest BCUT2D eigenvalue weighted by Crippen LogP contribution is 2.22. The number of nitrogens with zero attached hydrogens (tertiary/aromatic N) is 3. The van der Waals surface area contributed by atoms with Gasteiger partial charge in [0.1, 0.15) is 5.75 Å². The molecule has 1 aliphatic heterocycles. The van der Waals surface area contributed by atoms with Crippen molar-refractivity contribution in [2.75, 3.05) is 37.6 Å². The summed E-state index contributed by atoms with van der Waals surface area (Å²) in [6.07, 6.45) is 1.15. The minimum Gasteiger partial charge on any atom is -0.435 e. The van der Waals surface area contributed by atoms with Gasteiger partial charge in [-0.05, 0) is 17.7 Å². The molecule has 1 aliphatic rings. The minimum atomic E-state index is -2.84. The van der Waals surface area contributed by atoms with Gasteiger partial charge in [0.05, 0.1) is 6.10 Å². The van der Waals surface area contributed by atoms with Crippen LogP contribution in [0.15, 0.2) is 35.8 Å². The quantitative estimate of drug-likeness (QED) is 0.863. The Morgan fingerprint density at radius 2 is 1.88 bits per heavy atom. The number of aliphatic hydroxyl groups excluding tert-OH is 1. The zero-order chi connectivity index (χ0) is 16.9. The van der Waals surface area contributed by atoms with Gasteiger partial charge in [-0.3, -0.25) is 4.90 Å². The maximum atomic E-state index is 12.1. The fraction of sp³-hybridized carbons (Fsp3) is 0.438. The Bertz CT molecular complexity index is 617. The van der Waals surface area contributed by atoms with Crippen molar-refractivity contribution in [3.8, 4) is 5.75 Å². The number of benzene rings is 1. The normalized spacial score (nSPS) is 17.2. The third-order valence-electron chi connectivity index (χ3n) is 3.98. The molecule has 1 aromatic carbocycles. The molecule has 130 valence electrons. The van der Waals surface area contributed by atoms with Crippen LogP contribution in [0.5, 0.6) is 5.75 Å². The lowest BCUT2D eigenvalue weighted by molar-refractivity contribution is -0.0498. The van der Waals surface area contributed by atoms with E-state index < -0.39 is 12.7 Å². The molecule has 0 spiro atoms. The van der Waals surface area contributed by atoms with Crippen molar-refractivity contribution in [2.24, 2.45) is 0 Å². The first kappa shape index (κ1) is 17.1. The van der Waals surface area contributed by atoms with Crippen molar-refractivity contribution in [2.45, 2.75) is 12.7 Å². The molecule has 0 aliphatic carbocycles.